The van der Waals surface area contributed by atoms with Crippen molar-refractivity contribution in [3.8, 4) is 0 Å². The Hall–Kier alpha value is -3.06. The number of aryl methyl sites for hydroxylation is 1. The molecule has 1 saturated heterocycles. The lowest BCUT2D eigenvalue weighted by Gasteiger charge is -2.36. The number of hydrogen-bond acceptors (Lipinski definition) is 5. The number of piperidine rings is 1. The summed E-state index contributed by atoms with van der Waals surface area (Å²) in [5.41, 5.74) is 2.47. The Morgan fingerprint density at radius 1 is 1.26 bits per heavy atom. The van der Waals surface area contributed by atoms with Crippen LogP contribution < -0.4 is 10.2 Å². The number of rotatable bonds is 6. The third-order valence-electron chi connectivity index (χ3n) is 5.86. The molecule has 1 aromatic carbocycles. The van der Waals surface area contributed by atoms with E-state index in [1.54, 1.807) is 25.3 Å². The summed E-state index contributed by atoms with van der Waals surface area (Å²) in [5.74, 6) is 0.342. The number of nitrogens with one attached hydrogen (secondary N) is 1. The second-order valence-corrected chi connectivity index (χ2v) is 8.02. The quantitative estimate of drug-likeness (QED) is 0.633. The zero-order valence-electron chi connectivity index (χ0n) is 17.6. The molecule has 7 heteroatoms. The van der Waals surface area contributed by atoms with Gasteiger partial charge in [0.25, 0.3) is 5.91 Å². The highest BCUT2D eigenvalue weighted by Crippen LogP contribution is 2.25. The molecule has 162 valence electrons. The van der Waals surface area contributed by atoms with Crippen LogP contribution >= 0.6 is 0 Å². The highest BCUT2D eigenvalue weighted by molar-refractivity contribution is 5.98. The summed E-state index contributed by atoms with van der Waals surface area (Å²) in [7, 11) is 0. The van der Waals surface area contributed by atoms with Crippen molar-refractivity contribution in [3.05, 3.63) is 65.2 Å². The number of amides is 1. The molecule has 6 nitrogen and oxygen atoms in total. The summed E-state index contributed by atoms with van der Waals surface area (Å²) in [6, 6.07) is 10.4. The van der Waals surface area contributed by atoms with Gasteiger partial charge >= 0.3 is 0 Å². The van der Waals surface area contributed by atoms with Crippen molar-refractivity contribution in [3.63, 3.8) is 0 Å². The number of fused-ring (bicyclic) bond motifs is 1. The molecule has 3 aromatic rings. The molecule has 1 aliphatic heterocycles. The average molecular weight is 423 g/mol. The minimum Gasteiger partial charge on any atom is -0.396 e. The number of aliphatic hydroxyl groups is 1. The molecule has 0 radical (unpaired) electrons. The summed E-state index contributed by atoms with van der Waals surface area (Å²) < 4.78 is 13.4. The van der Waals surface area contributed by atoms with Crippen LogP contribution in [0, 0.1) is 12.7 Å². The van der Waals surface area contributed by atoms with Crippen molar-refractivity contribution < 1.29 is 14.3 Å². The lowest BCUT2D eigenvalue weighted by atomic mass is 9.99. The average Bonchev–Trinajstić information content (AvgIpc) is 2.78. The number of aliphatic hydroxyl groups excluding tert-OH is 1. The Balaban J connectivity index is 1.42. The van der Waals surface area contributed by atoms with Gasteiger partial charge in [0, 0.05) is 43.4 Å². The van der Waals surface area contributed by atoms with E-state index in [2.05, 4.69) is 20.2 Å². The monoisotopic (exact) mass is 422 g/mol. The second-order valence-electron chi connectivity index (χ2n) is 8.02. The molecule has 0 saturated carbocycles. The van der Waals surface area contributed by atoms with E-state index in [0.717, 1.165) is 42.6 Å². The molecule has 2 N–H and O–H groups in total. The van der Waals surface area contributed by atoms with Crippen LogP contribution in [0.4, 0.5) is 10.2 Å². The van der Waals surface area contributed by atoms with E-state index in [1.807, 2.05) is 12.1 Å². The summed E-state index contributed by atoms with van der Waals surface area (Å²) >= 11 is 0. The molecule has 1 atom stereocenters. The molecular weight excluding hydrogens is 395 g/mol. The largest absolute Gasteiger partial charge is 0.396 e. The standard InChI is InChI=1S/C24H27FN4O2/c1-16-21(12-18-6-7-19(25)13-22(18)28-16)24(31)27-15-17-5-8-23(26-14-17)29-10-3-2-4-20(29)9-11-30/h5-8,12-14,20,30H,2-4,9-11,15H2,1H3,(H,27,31)/t20-/m1/s1. The number of halogens is 1. The van der Waals surface area contributed by atoms with Gasteiger partial charge < -0.3 is 15.3 Å². The van der Waals surface area contributed by atoms with E-state index >= 15 is 0 Å². The van der Waals surface area contributed by atoms with Crippen LogP contribution in [0.15, 0.2) is 42.6 Å². The van der Waals surface area contributed by atoms with Crippen LogP contribution in [0.1, 0.15) is 47.3 Å². The maximum Gasteiger partial charge on any atom is 0.253 e. The first-order chi connectivity index (χ1) is 15.0. The third-order valence-corrected chi connectivity index (χ3v) is 5.86. The summed E-state index contributed by atoms with van der Waals surface area (Å²) in [4.78, 5) is 23.9. The predicted octanol–water partition coefficient (Wildman–Crippen LogP) is 3.75. The highest BCUT2D eigenvalue weighted by atomic mass is 19.1. The minimum atomic E-state index is -0.347. The Morgan fingerprint density at radius 2 is 2.13 bits per heavy atom. The molecule has 0 bridgehead atoms. The lowest BCUT2D eigenvalue weighted by molar-refractivity contribution is 0.0950. The predicted molar refractivity (Wildman–Crippen MR) is 119 cm³/mol. The zero-order chi connectivity index (χ0) is 21.8. The van der Waals surface area contributed by atoms with Crippen LogP contribution in [-0.4, -0.2) is 40.2 Å². The van der Waals surface area contributed by atoms with Gasteiger partial charge in [-0.15, -0.1) is 0 Å². The number of carbonyl (C=O) groups is 1. The molecular formula is C24H27FN4O2. The Labute approximate surface area is 181 Å². The van der Waals surface area contributed by atoms with E-state index in [9.17, 15) is 14.3 Å². The molecule has 31 heavy (non-hydrogen) atoms. The minimum absolute atomic E-state index is 0.184. The number of pyridine rings is 2. The maximum atomic E-state index is 13.4. The van der Waals surface area contributed by atoms with E-state index in [1.165, 1.54) is 18.6 Å². The third kappa shape index (κ3) is 4.82. The molecule has 0 unspecified atom stereocenters. The number of hydrogen-bond donors (Lipinski definition) is 2. The van der Waals surface area contributed by atoms with Gasteiger partial charge in [-0.25, -0.2) is 9.37 Å². The summed E-state index contributed by atoms with van der Waals surface area (Å²) in [6.07, 6.45) is 5.93. The maximum absolute atomic E-state index is 13.4. The summed E-state index contributed by atoms with van der Waals surface area (Å²) in [6.45, 7) is 3.24. The van der Waals surface area contributed by atoms with E-state index < -0.39 is 0 Å². The normalized spacial score (nSPS) is 16.5. The van der Waals surface area contributed by atoms with Gasteiger partial charge in [0.1, 0.15) is 11.6 Å². The molecule has 4 rings (SSSR count). The molecule has 1 fully saturated rings. The van der Waals surface area contributed by atoms with E-state index in [4.69, 9.17) is 0 Å². The zero-order valence-corrected chi connectivity index (χ0v) is 17.6. The van der Waals surface area contributed by atoms with Crippen molar-refractivity contribution in [2.75, 3.05) is 18.1 Å². The van der Waals surface area contributed by atoms with E-state index in [-0.39, 0.29) is 18.3 Å². The van der Waals surface area contributed by atoms with Gasteiger partial charge in [0.2, 0.25) is 0 Å². The van der Waals surface area contributed by atoms with Crippen molar-refractivity contribution in [2.45, 2.75) is 45.2 Å². The van der Waals surface area contributed by atoms with Gasteiger partial charge in [0.15, 0.2) is 0 Å². The van der Waals surface area contributed by atoms with Crippen molar-refractivity contribution >= 4 is 22.6 Å². The lowest BCUT2D eigenvalue weighted by Crippen LogP contribution is -2.40. The molecule has 1 aliphatic rings. The number of anilines is 1. The van der Waals surface area contributed by atoms with Crippen LogP contribution in [0.3, 0.4) is 0 Å². The first-order valence-corrected chi connectivity index (χ1v) is 10.7. The smallest absolute Gasteiger partial charge is 0.253 e. The van der Waals surface area contributed by atoms with Crippen molar-refractivity contribution in [1.29, 1.82) is 0 Å². The van der Waals surface area contributed by atoms with E-state index in [0.29, 0.717) is 29.4 Å². The number of aromatic nitrogens is 2. The number of carbonyl (C=O) groups excluding carboxylic acids is 1. The molecule has 0 spiro atoms. The van der Waals surface area contributed by atoms with Gasteiger partial charge in [-0.2, -0.15) is 0 Å². The van der Waals surface area contributed by atoms with Gasteiger partial charge in [-0.1, -0.05) is 6.07 Å². The summed E-state index contributed by atoms with van der Waals surface area (Å²) in [5, 5.41) is 13.0. The van der Waals surface area contributed by atoms with Gasteiger partial charge in [-0.3, -0.25) is 9.78 Å². The Kier molecular flexibility index (Phi) is 6.42. The second kappa shape index (κ2) is 9.39. The fraction of sp³-hybridized carbons (Fsp3) is 0.375. The SMILES string of the molecule is Cc1nc2cc(F)ccc2cc1C(=O)NCc1ccc(N2CCCC[C@@H]2CCO)nc1. The fourth-order valence-corrected chi connectivity index (χ4v) is 4.19. The van der Waals surface area contributed by atoms with Gasteiger partial charge in [0.05, 0.1) is 16.8 Å². The van der Waals surface area contributed by atoms with Crippen molar-refractivity contribution in [1.82, 2.24) is 15.3 Å². The van der Waals surface area contributed by atoms with Gasteiger partial charge in [-0.05, 0) is 62.4 Å². The molecule has 2 aromatic heterocycles. The van der Waals surface area contributed by atoms with Crippen LogP contribution in [0.25, 0.3) is 10.9 Å². The Bertz CT molecular complexity index is 1070. The molecule has 3 heterocycles. The highest BCUT2D eigenvalue weighted by Gasteiger charge is 2.23. The fourth-order valence-electron chi connectivity index (χ4n) is 4.19. The Morgan fingerprint density at radius 3 is 2.90 bits per heavy atom. The van der Waals surface area contributed by atoms with Crippen LogP contribution in [0.5, 0.6) is 0 Å². The first-order valence-electron chi connectivity index (χ1n) is 10.7. The molecule has 0 aliphatic carbocycles. The topological polar surface area (TPSA) is 78.4 Å². The molecule has 1 amide bonds. The van der Waals surface area contributed by atoms with Crippen LogP contribution in [-0.2, 0) is 6.54 Å². The first kappa shape index (κ1) is 21.2. The number of benzene rings is 1. The van der Waals surface area contributed by atoms with Crippen molar-refractivity contribution in [2.24, 2.45) is 0 Å². The van der Waals surface area contributed by atoms with Crippen LogP contribution in [0.2, 0.25) is 0 Å². The number of nitrogens with zero attached hydrogens (tertiary/aromatic N) is 3.